The molecule has 0 aliphatic carbocycles. The molecule has 28 heavy (non-hydrogen) atoms. The molecule has 0 saturated heterocycles. The second-order valence-electron chi connectivity index (χ2n) is 6.61. The van der Waals surface area contributed by atoms with Crippen LogP contribution in [-0.2, 0) is 16.0 Å². The molecule has 0 fully saturated rings. The van der Waals surface area contributed by atoms with Crippen molar-refractivity contribution in [2.75, 3.05) is 6.61 Å². The quantitative estimate of drug-likeness (QED) is 0.383. The van der Waals surface area contributed by atoms with Gasteiger partial charge in [-0.15, -0.1) is 0 Å². The van der Waals surface area contributed by atoms with Crippen molar-refractivity contribution in [3.63, 3.8) is 0 Å². The summed E-state index contributed by atoms with van der Waals surface area (Å²) in [6.45, 7) is 2.53. The Labute approximate surface area is 164 Å². The van der Waals surface area contributed by atoms with Crippen molar-refractivity contribution in [2.45, 2.75) is 58.5 Å². The van der Waals surface area contributed by atoms with Crippen molar-refractivity contribution in [1.29, 1.82) is 0 Å². The van der Waals surface area contributed by atoms with Gasteiger partial charge in [-0.3, -0.25) is 14.4 Å². The monoisotopic (exact) mass is 391 g/mol. The number of aliphatic hydroxyl groups excluding tert-OH is 2. The van der Waals surface area contributed by atoms with Gasteiger partial charge < -0.3 is 20.3 Å². The number of hydrogen-bond donors (Lipinski definition) is 4. The van der Waals surface area contributed by atoms with Gasteiger partial charge in [0.2, 0.25) is 11.2 Å². The molecule has 0 aliphatic rings. The molecule has 0 spiro atoms. The number of aromatic nitrogens is 1. The van der Waals surface area contributed by atoms with Crippen LogP contribution in [0.25, 0.3) is 10.9 Å². The number of aromatic amines is 1. The highest BCUT2D eigenvalue weighted by molar-refractivity contribution is 6.37. The number of aryl methyl sites for hydroxylation is 1. The maximum Gasteiger partial charge on any atom is 0.231 e. The molecule has 0 radical (unpaired) electrons. The molecule has 154 valence electrons. The van der Waals surface area contributed by atoms with Crippen molar-refractivity contribution >= 4 is 22.5 Å². The Hall–Kier alpha value is -2.51. The van der Waals surface area contributed by atoms with Gasteiger partial charge in [0.05, 0.1) is 12.3 Å². The van der Waals surface area contributed by atoms with Gasteiger partial charge in [-0.25, -0.2) is 0 Å². The molecule has 7 heteroatoms. The van der Waals surface area contributed by atoms with Crippen LogP contribution in [0, 0.1) is 0 Å². The lowest BCUT2D eigenvalue weighted by Gasteiger charge is -2.07. The summed E-state index contributed by atoms with van der Waals surface area (Å²) in [6, 6.07) is 7.30. The summed E-state index contributed by atoms with van der Waals surface area (Å²) >= 11 is 0. The Morgan fingerprint density at radius 2 is 1.75 bits per heavy atom. The number of pyridine rings is 1. The topological polar surface area (TPSA) is 128 Å². The Morgan fingerprint density at radius 3 is 2.32 bits per heavy atom. The first kappa shape index (κ1) is 23.5. The molecule has 2 aromatic rings. The average Bonchev–Trinajstić information content (AvgIpc) is 2.70. The molecule has 1 heterocycles. The summed E-state index contributed by atoms with van der Waals surface area (Å²) in [6.07, 6.45) is 5.02. The fourth-order valence-electron chi connectivity index (χ4n) is 2.68. The molecule has 4 N–H and O–H groups in total. The summed E-state index contributed by atoms with van der Waals surface area (Å²) < 4.78 is 0. The van der Waals surface area contributed by atoms with Gasteiger partial charge in [-0.1, -0.05) is 44.7 Å². The van der Waals surface area contributed by atoms with Crippen molar-refractivity contribution in [3.8, 4) is 5.75 Å². The van der Waals surface area contributed by atoms with Gasteiger partial charge in [0.25, 0.3) is 0 Å². The zero-order chi connectivity index (χ0) is 21.1. The molecule has 1 aromatic carbocycles. The highest BCUT2D eigenvalue weighted by atomic mass is 16.3. The molecule has 1 aromatic heterocycles. The lowest BCUT2D eigenvalue weighted by atomic mass is 10.1. The van der Waals surface area contributed by atoms with E-state index in [1.807, 2.05) is 12.1 Å². The minimum Gasteiger partial charge on any atom is -0.503 e. The Kier molecular flexibility index (Phi) is 10.1. The molecule has 0 saturated carbocycles. The van der Waals surface area contributed by atoms with Crippen LogP contribution in [0.3, 0.4) is 0 Å². The van der Waals surface area contributed by atoms with Crippen LogP contribution < -0.4 is 5.43 Å². The number of fused-ring (bicyclic) bond motifs is 1. The average molecular weight is 391 g/mol. The van der Waals surface area contributed by atoms with Crippen LogP contribution in [0.4, 0.5) is 0 Å². The second kappa shape index (κ2) is 12.0. The van der Waals surface area contributed by atoms with Crippen LogP contribution in [0.2, 0.25) is 0 Å². The molecule has 7 nitrogen and oxygen atoms in total. The summed E-state index contributed by atoms with van der Waals surface area (Å²) in [5.74, 6) is -1.80. The third-order valence-corrected chi connectivity index (χ3v) is 4.31. The lowest BCUT2D eigenvalue weighted by Crippen LogP contribution is -2.29. The molecule has 2 rings (SSSR count). The summed E-state index contributed by atoms with van der Waals surface area (Å²) in [7, 11) is 0. The van der Waals surface area contributed by atoms with Crippen molar-refractivity contribution < 1.29 is 24.9 Å². The van der Waals surface area contributed by atoms with Crippen LogP contribution in [-0.4, -0.2) is 44.6 Å². The van der Waals surface area contributed by atoms with E-state index in [4.69, 9.17) is 10.2 Å². The largest absolute Gasteiger partial charge is 0.503 e. The van der Waals surface area contributed by atoms with Gasteiger partial charge in [0, 0.05) is 17.8 Å². The van der Waals surface area contributed by atoms with Crippen LogP contribution >= 0.6 is 0 Å². The summed E-state index contributed by atoms with van der Waals surface area (Å²) in [4.78, 5) is 35.6. The maximum absolute atomic E-state index is 12.0. The normalized spacial score (nSPS) is 11.6. The van der Waals surface area contributed by atoms with Gasteiger partial charge in [0.15, 0.2) is 11.5 Å². The molecule has 0 bridgehead atoms. The van der Waals surface area contributed by atoms with E-state index >= 15 is 0 Å². The predicted octanol–water partition coefficient (Wildman–Crippen LogP) is 2.24. The number of hydrogen-bond acceptors (Lipinski definition) is 6. The van der Waals surface area contributed by atoms with Crippen molar-refractivity contribution in [1.82, 2.24) is 4.98 Å². The number of H-pyrrole nitrogens is 1. The van der Waals surface area contributed by atoms with Crippen LogP contribution in [0.1, 0.15) is 51.6 Å². The number of rotatable bonds is 9. The fourth-order valence-corrected chi connectivity index (χ4v) is 2.68. The number of para-hydroxylation sites is 1. The Bertz CT molecular complexity index is 842. The number of Topliss-reactive ketones (excluding diaryl/α,β-unsaturated/α-hetero) is 2. The molecular formula is C21H29NO6. The predicted molar refractivity (Wildman–Crippen MR) is 107 cm³/mol. The number of aromatic hydroxyl groups is 1. The third kappa shape index (κ3) is 6.90. The number of ketones is 2. The van der Waals surface area contributed by atoms with Crippen LogP contribution in [0.5, 0.6) is 5.75 Å². The molecule has 1 atom stereocenters. The van der Waals surface area contributed by atoms with Gasteiger partial charge in [0.1, 0.15) is 6.10 Å². The van der Waals surface area contributed by atoms with Gasteiger partial charge >= 0.3 is 0 Å². The minimum atomic E-state index is -1.54. The zero-order valence-electron chi connectivity index (χ0n) is 16.4. The number of aliphatic hydroxyl groups is 2. The second-order valence-corrected chi connectivity index (χ2v) is 6.61. The minimum absolute atomic E-state index is 0.116. The number of unbranched alkanes of at least 4 members (excludes halogenated alkanes) is 4. The van der Waals surface area contributed by atoms with Crippen molar-refractivity contribution in [3.05, 3.63) is 40.2 Å². The Balaban J connectivity index is 0.000000370. The highest BCUT2D eigenvalue weighted by Gasteiger charge is 2.17. The first-order valence-corrected chi connectivity index (χ1v) is 9.50. The summed E-state index contributed by atoms with van der Waals surface area (Å²) in [5.41, 5.74) is 1.20. The van der Waals surface area contributed by atoms with E-state index in [0.29, 0.717) is 11.1 Å². The van der Waals surface area contributed by atoms with E-state index < -0.39 is 24.3 Å². The van der Waals surface area contributed by atoms with Crippen LogP contribution in [0.15, 0.2) is 29.1 Å². The standard InChI is InChI=1S/C16H21NO2.C5H8O4/c1-2-3-4-5-6-11-14-16(19)15(18)12-9-7-8-10-13(12)17-14;1-3(7)5(9)4(8)2-6/h7-10,19H,2-6,11H2,1H3,(H,17,18);4,6,8H,2H2,1H3. The van der Waals surface area contributed by atoms with E-state index in [2.05, 4.69) is 11.9 Å². The molecular weight excluding hydrogens is 362 g/mol. The zero-order valence-corrected chi connectivity index (χ0v) is 16.4. The fraction of sp³-hybridized carbons (Fsp3) is 0.476. The smallest absolute Gasteiger partial charge is 0.231 e. The van der Waals surface area contributed by atoms with E-state index in [1.54, 1.807) is 12.1 Å². The number of nitrogens with one attached hydrogen (secondary N) is 1. The number of carbonyl (C=O) groups excluding carboxylic acids is 2. The van der Waals surface area contributed by atoms with E-state index in [9.17, 15) is 19.5 Å². The molecule has 1 unspecified atom stereocenters. The maximum atomic E-state index is 12.0. The van der Waals surface area contributed by atoms with Crippen molar-refractivity contribution in [2.24, 2.45) is 0 Å². The number of carbonyl (C=O) groups is 2. The molecule has 0 amide bonds. The van der Waals surface area contributed by atoms with E-state index in [0.717, 1.165) is 31.7 Å². The SMILES string of the molecule is CC(=O)C(=O)C(O)CO.CCCCCCCc1[nH]c2ccccc2c(=O)c1O. The first-order valence-electron chi connectivity index (χ1n) is 9.50. The third-order valence-electron chi connectivity index (χ3n) is 4.31. The first-order chi connectivity index (χ1) is 13.3. The lowest BCUT2D eigenvalue weighted by molar-refractivity contribution is -0.141. The van der Waals surface area contributed by atoms with Gasteiger partial charge in [-0.05, 0) is 25.0 Å². The highest BCUT2D eigenvalue weighted by Crippen LogP contribution is 2.18. The van der Waals surface area contributed by atoms with E-state index in [-0.39, 0.29) is 11.2 Å². The molecule has 0 aliphatic heterocycles. The summed E-state index contributed by atoms with van der Waals surface area (Å²) in [5, 5.41) is 27.1. The van der Waals surface area contributed by atoms with E-state index in [1.165, 1.54) is 19.3 Å². The van der Waals surface area contributed by atoms with Gasteiger partial charge in [-0.2, -0.15) is 0 Å². The Morgan fingerprint density at radius 1 is 1.11 bits per heavy atom. The number of benzene rings is 1.